The summed E-state index contributed by atoms with van der Waals surface area (Å²) in [4.78, 5) is 42.1. The molecule has 4 aromatic rings. The largest absolute Gasteiger partial charge is 0.507 e. The first-order valence-electron chi connectivity index (χ1n) is 13.9. The predicted octanol–water partition coefficient (Wildman–Crippen LogP) is 4.23. The topological polar surface area (TPSA) is 137 Å². The summed E-state index contributed by atoms with van der Waals surface area (Å²) >= 11 is 1.51. The predicted molar refractivity (Wildman–Crippen MR) is 161 cm³/mol. The maximum absolute atomic E-state index is 13.6. The Morgan fingerprint density at radius 2 is 1.86 bits per heavy atom. The number of nitrogens with one attached hydrogen (secondary N) is 3. The average Bonchev–Trinajstić information content (AvgIpc) is 3.70. The van der Waals surface area contributed by atoms with Crippen LogP contribution in [0.25, 0.3) is 21.7 Å². The van der Waals surface area contributed by atoms with Gasteiger partial charge in [0.1, 0.15) is 11.5 Å². The zero-order valence-corrected chi connectivity index (χ0v) is 24.1. The third kappa shape index (κ3) is 6.63. The summed E-state index contributed by atoms with van der Waals surface area (Å²) in [5.41, 5.74) is 3.66. The Labute approximate surface area is 247 Å². The van der Waals surface area contributed by atoms with Crippen LogP contribution in [0.5, 0.6) is 11.5 Å². The quantitative estimate of drug-likeness (QED) is 0.283. The van der Waals surface area contributed by atoms with E-state index in [1.807, 2.05) is 29.6 Å². The van der Waals surface area contributed by atoms with Crippen molar-refractivity contribution in [3.63, 3.8) is 0 Å². The molecule has 10 nitrogen and oxygen atoms in total. The van der Waals surface area contributed by atoms with E-state index in [-0.39, 0.29) is 29.9 Å². The number of H-pyrrole nitrogens is 1. The number of aromatic hydroxyl groups is 1. The van der Waals surface area contributed by atoms with Crippen LogP contribution in [0.2, 0.25) is 0 Å². The lowest BCUT2D eigenvalue weighted by Crippen LogP contribution is -2.36. The number of hydrogen-bond donors (Lipinski definition) is 4. The fourth-order valence-electron chi connectivity index (χ4n) is 5.00. The molecule has 218 valence electrons. The molecule has 3 amide bonds. The van der Waals surface area contributed by atoms with Gasteiger partial charge in [0, 0.05) is 38.2 Å². The third-order valence-electron chi connectivity index (χ3n) is 7.20. The van der Waals surface area contributed by atoms with E-state index in [1.54, 1.807) is 29.2 Å². The van der Waals surface area contributed by atoms with Crippen LogP contribution in [0.4, 0.5) is 0 Å². The van der Waals surface area contributed by atoms with Gasteiger partial charge in [0.15, 0.2) is 0 Å². The molecule has 4 N–H and O–H groups in total. The van der Waals surface area contributed by atoms with Gasteiger partial charge in [0.25, 0.3) is 11.8 Å². The number of hydrogen-bond acceptors (Lipinski definition) is 7. The van der Waals surface area contributed by atoms with Gasteiger partial charge >= 0.3 is 0 Å². The monoisotopic (exact) mass is 587 g/mol. The number of fused-ring (bicyclic) bond motifs is 5. The molecule has 1 aliphatic rings. The number of nitrogens with zero attached hydrogens (tertiary/aromatic N) is 2. The molecule has 11 heteroatoms. The molecular formula is C31H33N5O5S. The number of carbonyl (C=O) groups is 3. The van der Waals surface area contributed by atoms with Crippen molar-refractivity contribution >= 4 is 29.1 Å². The SMILES string of the molecule is COc1ccc2cc1C(=O)NCCCN(C(=O)c1cn[nH]c1-c1cccs1)CCCC(=O)NCCc1ccc(O)c-2c1. The maximum atomic E-state index is 13.6. The Morgan fingerprint density at radius 3 is 2.67 bits per heavy atom. The fraction of sp³-hybridized carbons (Fsp3) is 0.290. The number of benzene rings is 2. The molecule has 3 heterocycles. The maximum Gasteiger partial charge on any atom is 0.257 e. The van der Waals surface area contributed by atoms with E-state index >= 15 is 0 Å². The van der Waals surface area contributed by atoms with Crippen molar-refractivity contribution in [3.05, 3.63) is 76.8 Å². The van der Waals surface area contributed by atoms with E-state index in [1.165, 1.54) is 24.6 Å². The Hall–Kier alpha value is -4.64. The van der Waals surface area contributed by atoms with Crippen molar-refractivity contribution < 1.29 is 24.2 Å². The molecule has 0 radical (unpaired) electrons. The first-order valence-corrected chi connectivity index (χ1v) is 14.7. The minimum Gasteiger partial charge on any atom is -0.507 e. The number of amides is 3. The Kier molecular flexibility index (Phi) is 9.18. The second kappa shape index (κ2) is 13.3. The van der Waals surface area contributed by atoms with Crippen LogP contribution in [-0.2, 0) is 11.2 Å². The van der Waals surface area contributed by atoms with Gasteiger partial charge in [-0.1, -0.05) is 18.2 Å². The Balaban J connectivity index is 1.38. The number of thiophene rings is 1. The molecule has 2 aromatic carbocycles. The van der Waals surface area contributed by atoms with Gasteiger partial charge in [-0.2, -0.15) is 5.10 Å². The molecule has 0 spiro atoms. The highest BCUT2D eigenvalue weighted by molar-refractivity contribution is 7.13. The van der Waals surface area contributed by atoms with Crippen LogP contribution >= 0.6 is 11.3 Å². The molecule has 0 fully saturated rings. The van der Waals surface area contributed by atoms with E-state index in [2.05, 4.69) is 20.8 Å². The van der Waals surface area contributed by atoms with Crippen molar-refractivity contribution in [2.45, 2.75) is 25.7 Å². The number of rotatable bonds is 3. The van der Waals surface area contributed by atoms with Crippen molar-refractivity contribution in [1.29, 1.82) is 0 Å². The lowest BCUT2D eigenvalue weighted by atomic mass is 9.98. The van der Waals surface area contributed by atoms with Crippen LogP contribution in [0.1, 0.15) is 45.5 Å². The van der Waals surface area contributed by atoms with Crippen LogP contribution in [0.15, 0.2) is 60.1 Å². The van der Waals surface area contributed by atoms with Crippen LogP contribution in [0, 0.1) is 0 Å². The van der Waals surface area contributed by atoms with Crippen LogP contribution in [-0.4, -0.2) is 71.2 Å². The van der Waals surface area contributed by atoms with E-state index in [9.17, 15) is 19.5 Å². The highest BCUT2D eigenvalue weighted by atomic mass is 32.1. The van der Waals surface area contributed by atoms with E-state index < -0.39 is 0 Å². The summed E-state index contributed by atoms with van der Waals surface area (Å²) < 4.78 is 5.45. The van der Waals surface area contributed by atoms with Crippen LogP contribution in [0.3, 0.4) is 0 Å². The second-order valence-electron chi connectivity index (χ2n) is 10.0. The molecule has 5 rings (SSSR count). The van der Waals surface area contributed by atoms with Gasteiger partial charge in [0.2, 0.25) is 5.91 Å². The molecule has 2 aromatic heterocycles. The summed E-state index contributed by atoms with van der Waals surface area (Å²) in [5.74, 6) is -0.0786. The molecule has 0 saturated carbocycles. The number of methoxy groups -OCH3 is 1. The first kappa shape index (κ1) is 28.9. The molecule has 1 aliphatic heterocycles. The molecule has 0 unspecified atom stereocenters. The third-order valence-corrected chi connectivity index (χ3v) is 8.09. The number of phenolic OH excluding ortho intramolecular Hbond substituents is 1. The molecule has 0 aliphatic carbocycles. The van der Waals surface area contributed by atoms with E-state index in [4.69, 9.17) is 4.74 Å². The normalized spacial score (nSPS) is 15.1. The summed E-state index contributed by atoms with van der Waals surface area (Å²) in [6.45, 7) is 1.51. The molecule has 4 bridgehead atoms. The van der Waals surface area contributed by atoms with Crippen molar-refractivity contribution in [3.8, 4) is 33.2 Å². The van der Waals surface area contributed by atoms with Crippen LogP contribution < -0.4 is 15.4 Å². The Morgan fingerprint density at radius 1 is 1.00 bits per heavy atom. The van der Waals surface area contributed by atoms with E-state index in [0.717, 1.165) is 10.4 Å². The average molecular weight is 588 g/mol. The van der Waals surface area contributed by atoms with Gasteiger partial charge in [0.05, 0.1) is 35.0 Å². The molecule has 0 saturated heterocycles. The highest BCUT2D eigenvalue weighted by Gasteiger charge is 2.22. The summed E-state index contributed by atoms with van der Waals surface area (Å²) in [5, 5.41) is 25.5. The van der Waals surface area contributed by atoms with Gasteiger partial charge in [-0.3, -0.25) is 19.5 Å². The summed E-state index contributed by atoms with van der Waals surface area (Å²) in [6.07, 6.45) is 3.37. The van der Waals surface area contributed by atoms with Gasteiger partial charge in [-0.25, -0.2) is 0 Å². The standard InChI is InChI=1S/C31H33N5O5S/c1-41-26-10-8-21-18-23(26)30(39)33-12-4-15-36(31(40)24-19-34-35-29(24)27-5-3-16-42-27)14-2-6-28(38)32-13-11-20-7-9-25(37)22(21)17-20/h3,5,7-10,16-19,37H,2,4,6,11-15H2,1H3,(H,32,38)(H,33,39)(H,34,35). The minimum absolute atomic E-state index is 0.0889. The number of aromatic amines is 1. The van der Waals surface area contributed by atoms with Crippen molar-refractivity contribution in [2.24, 2.45) is 0 Å². The zero-order chi connectivity index (χ0) is 29.5. The Bertz CT molecular complexity index is 1570. The highest BCUT2D eigenvalue weighted by Crippen LogP contribution is 2.33. The summed E-state index contributed by atoms with van der Waals surface area (Å²) in [7, 11) is 1.50. The minimum atomic E-state index is -0.315. The number of ether oxygens (including phenoxy) is 1. The van der Waals surface area contributed by atoms with E-state index in [0.29, 0.717) is 79.1 Å². The lowest BCUT2D eigenvalue weighted by Gasteiger charge is -2.23. The number of phenols is 1. The van der Waals surface area contributed by atoms with Gasteiger partial charge < -0.3 is 25.4 Å². The second-order valence-corrected chi connectivity index (χ2v) is 11.0. The number of carbonyl (C=O) groups excluding carboxylic acids is 3. The number of aromatic nitrogens is 2. The molecule has 0 atom stereocenters. The lowest BCUT2D eigenvalue weighted by molar-refractivity contribution is -0.121. The van der Waals surface area contributed by atoms with Crippen molar-refractivity contribution in [2.75, 3.05) is 33.3 Å². The van der Waals surface area contributed by atoms with Crippen molar-refractivity contribution in [1.82, 2.24) is 25.7 Å². The summed E-state index contributed by atoms with van der Waals surface area (Å²) in [6, 6.07) is 14.3. The zero-order valence-electron chi connectivity index (χ0n) is 23.3. The fourth-order valence-corrected chi connectivity index (χ4v) is 5.73. The molecular weight excluding hydrogens is 554 g/mol. The van der Waals surface area contributed by atoms with Gasteiger partial charge in [-0.05, 0) is 66.1 Å². The van der Waals surface area contributed by atoms with Gasteiger partial charge in [-0.15, -0.1) is 11.3 Å². The molecule has 42 heavy (non-hydrogen) atoms. The smallest absolute Gasteiger partial charge is 0.257 e. The first-order chi connectivity index (χ1) is 20.4.